The van der Waals surface area contributed by atoms with E-state index in [0.29, 0.717) is 49.4 Å². The fourth-order valence-corrected chi connectivity index (χ4v) is 5.57. The van der Waals surface area contributed by atoms with Crippen LogP contribution < -0.4 is 10.4 Å². The van der Waals surface area contributed by atoms with Crippen molar-refractivity contribution in [2.24, 2.45) is 17.8 Å². The molecule has 37 heavy (non-hydrogen) atoms. The fourth-order valence-electron chi connectivity index (χ4n) is 5.57. The molecule has 0 radical (unpaired) electrons. The molecule has 1 aliphatic rings. The molecular formula is C31H26N4O2. The van der Waals surface area contributed by atoms with Gasteiger partial charge in [0.1, 0.15) is 41.5 Å². The Morgan fingerprint density at radius 2 is 1.38 bits per heavy atom. The number of fused-ring (bicyclic) bond motifs is 2. The normalized spacial score (nSPS) is 18.9. The van der Waals surface area contributed by atoms with Crippen LogP contribution in [0.4, 0.5) is 0 Å². The first-order valence-corrected chi connectivity index (χ1v) is 12.4. The van der Waals surface area contributed by atoms with Gasteiger partial charge in [-0.2, -0.15) is 21.0 Å². The molecule has 4 rings (SSSR count). The highest BCUT2D eigenvalue weighted by Gasteiger charge is 2.33. The number of rotatable bonds is 3. The topological polar surface area (TPSA) is 121 Å². The Kier molecular flexibility index (Phi) is 7.25. The van der Waals surface area contributed by atoms with Crippen molar-refractivity contribution in [3.63, 3.8) is 0 Å². The molecular weight excluding hydrogens is 460 g/mol. The summed E-state index contributed by atoms with van der Waals surface area (Å²) in [5.74, 6) is 0.677. The minimum absolute atomic E-state index is 0.0884. The number of nitriles is 4. The van der Waals surface area contributed by atoms with Crippen molar-refractivity contribution in [2.45, 2.75) is 46.1 Å². The highest BCUT2D eigenvalue weighted by atomic mass is 16.5. The van der Waals surface area contributed by atoms with Crippen molar-refractivity contribution in [1.82, 2.24) is 0 Å². The van der Waals surface area contributed by atoms with E-state index in [9.17, 15) is 25.8 Å². The molecule has 0 saturated heterocycles. The molecule has 0 N–H and O–H groups in total. The Morgan fingerprint density at radius 3 is 1.92 bits per heavy atom. The molecule has 0 spiro atoms. The van der Waals surface area contributed by atoms with Gasteiger partial charge in [-0.15, -0.1) is 0 Å². The number of carbonyl (C=O) groups excluding carboxylic acids is 1. The van der Waals surface area contributed by atoms with Gasteiger partial charge in [0.15, 0.2) is 0 Å². The largest absolute Gasteiger partial charge is 0.458 e. The zero-order valence-corrected chi connectivity index (χ0v) is 21.1. The van der Waals surface area contributed by atoms with Crippen molar-refractivity contribution in [3.8, 4) is 24.3 Å². The summed E-state index contributed by atoms with van der Waals surface area (Å²) in [6.45, 7) is 6.47. The highest BCUT2D eigenvalue weighted by molar-refractivity contribution is 6.07. The molecule has 182 valence electrons. The van der Waals surface area contributed by atoms with E-state index in [1.807, 2.05) is 24.3 Å². The Labute approximate surface area is 215 Å². The van der Waals surface area contributed by atoms with Gasteiger partial charge in [-0.25, -0.2) is 4.79 Å². The Hall–Kier alpha value is -4.65. The molecule has 1 aliphatic carbocycles. The smallest absolute Gasteiger partial charge is 0.338 e. The predicted molar refractivity (Wildman–Crippen MR) is 141 cm³/mol. The van der Waals surface area contributed by atoms with Gasteiger partial charge in [0, 0.05) is 10.4 Å². The number of esters is 1. The summed E-state index contributed by atoms with van der Waals surface area (Å²) >= 11 is 0. The van der Waals surface area contributed by atoms with E-state index in [1.165, 1.54) is 0 Å². The minimum Gasteiger partial charge on any atom is -0.458 e. The lowest BCUT2D eigenvalue weighted by atomic mass is 9.75. The summed E-state index contributed by atoms with van der Waals surface area (Å²) in [5, 5.41) is 41.8. The lowest BCUT2D eigenvalue weighted by Gasteiger charge is -2.36. The Balaban J connectivity index is 2.01. The maximum Gasteiger partial charge on any atom is 0.338 e. The third-order valence-electron chi connectivity index (χ3n) is 7.43. The average molecular weight is 487 g/mol. The second-order valence-electron chi connectivity index (χ2n) is 10.0. The zero-order chi connectivity index (χ0) is 26.7. The maximum absolute atomic E-state index is 13.4. The van der Waals surface area contributed by atoms with E-state index < -0.39 is 5.97 Å². The summed E-state index contributed by atoms with van der Waals surface area (Å²) in [7, 11) is 0. The Morgan fingerprint density at radius 1 is 0.838 bits per heavy atom. The van der Waals surface area contributed by atoms with Crippen LogP contribution in [-0.4, -0.2) is 12.1 Å². The molecule has 0 heterocycles. The molecule has 6 nitrogen and oxygen atoms in total. The Bertz CT molecular complexity index is 1680. The van der Waals surface area contributed by atoms with E-state index in [0.717, 1.165) is 19.3 Å². The molecule has 0 bridgehead atoms. The van der Waals surface area contributed by atoms with Crippen LogP contribution >= 0.6 is 0 Å². The van der Waals surface area contributed by atoms with Gasteiger partial charge in [-0.05, 0) is 64.3 Å². The molecule has 1 fully saturated rings. The van der Waals surface area contributed by atoms with Gasteiger partial charge in [0.05, 0.1) is 5.56 Å². The summed E-state index contributed by atoms with van der Waals surface area (Å²) in [6, 6.07) is 19.8. The molecule has 3 aromatic rings. The molecule has 0 aliphatic heterocycles. The molecule has 3 aromatic carbocycles. The van der Waals surface area contributed by atoms with Crippen LogP contribution in [-0.2, 0) is 4.74 Å². The maximum atomic E-state index is 13.4. The molecule has 3 atom stereocenters. The quantitative estimate of drug-likeness (QED) is 0.379. The van der Waals surface area contributed by atoms with Gasteiger partial charge in [0.25, 0.3) is 0 Å². The highest BCUT2D eigenvalue weighted by Crippen LogP contribution is 2.35. The third-order valence-corrected chi connectivity index (χ3v) is 7.43. The summed E-state index contributed by atoms with van der Waals surface area (Å²) < 4.78 is 6.05. The first-order chi connectivity index (χ1) is 17.8. The van der Waals surface area contributed by atoms with E-state index >= 15 is 0 Å². The van der Waals surface area contributed by atoms with E-state index in [1.54, 1.807) is 42.5 Å². The first kappa shape index (κ1) is 25.4. The third kappa shape index (κ3) is 4.63. The van der Waals surface area contributed by atoms with Crippen LogP contribution in [0.1, 0.15) is 50.4 Å². The van der Waals surface area contributed by atoms with E-state index in [-0.39, 0.29) is 23.2 Å². The second-order valence-corrected chi connectivity index (χ2v) is 10.0. The van der Waals surface area contributed by atoms with Gasteiger partial charge >= 0.3 is 5.97 Å². The summed E-state index contributed by atoms with van der Waals surface area (Å²) in [5.41, 5.74) is 0.0885. The van der Waals surface area contributed by atoms with Gasteiger partial charge in [-0.3, -0.25) is 0 Å². The van der Waals surface area contributed by atoms with E-state index in [2.05, 4.69) is 20.8 Å². The van der Waals surface area contributed by atoms with Crippen LogP contribution in [0.25, 0.3) is 32.7 Å². The van der Waals surface area contributed by atoms with Gasteiger partial charge in [-0.1, -0.05) is 57.5 Å². The zero-order valence-electron chi connectivity index (χ0n) is 21.1. The van der Waals surface area contributed by atoms with Crippen LogP contribution in [0.5, 0.6) is 0 Å². The predicted octanol–water partition coefficient (Wildman–Crippen LogP) is 5.01. The minimum atomic E-state index is -0.465. The summed E-state index contributed by atoms with van der Waals surface area (Å²) in [4.78, 5) is 13.4. The monoisotopic (exact) mass is 486 g/mol. The molecule has 0 aromatic heterocycles. The molecule has 2 unspecified atom stereocenters. The van der Waals surface area contributed by atoms with Crippen molar-refractivity contribution in [3.05, 3.63) is 58.5 Å². The number of carbonyl (C=O) groups is 1. The lowest BCUT2D eigenvalue weighted by molar-refractivity contribution is -0.0173. The first-order valence-electron chi connectivity index (χ1n) is 12.4. The number of nitrogens with zero attached hydrogens (tertiary/aromatic N) is 4. The SMILES string of the molecule is CC(C)C1CC[C@@H](C)CC1OC(=O)c1ccc2c(=C(C#N)C#N)c3ccccc3c(=C(C#N)C#N)c2c1. The van der Waals surface area contributed by atoms with Crippen LogP contribution in [0.2, 0.25) is 0 Å². The fraction of sp³-hybridized carbons (Fsp3) is 0.323. The van der Waals surface area contributed by atoms with Gasteiger partial charge in [0.2, 0.25) is 0 Å². The molecule has 1 saturated carbocycles. The van der Waals surface area contributed by atoms with E-state index in [4.69, 9.17) is 4.74 Å². The van der Waals surface area contributed by atoms with Gasteiger partial charge < -0.3 is 4.74 Å². The average Bonchev–Trinajstić information content (AvgIpc) is 2.90. The number of ether oxygens (including phenoxy) is 1. The molecule has 0 amide bonds. The summed E-state index contributed by atoms with van der Waals surface area (Å²) in [6.07, 6.45) is 2.75. The van der Waals surface area contributed by atoms with Crippen LogP contribution in [0, 0.1) is 63.1 Å². The van der Waals surface area contributed by atoms with Crippen molar-refractivity contribution in [2.75, 3.05) is 0 Å². The van der Waals surface area contributed by atoms with Crippen LogP contribution in [0.3, 0.4) is 0 Å². The number of hydrogen-bond acceptors (Lipinski definition) is 6. The van der Waals surface area contributed by atoms with Crippen molar-refractivity contribution >= 4 is 38.7 Å². The number of benzene rings is 3. The molecule has 6 heteroatoms. The van der Waals surface area contributed by atoms with Crippen molar-refractivity contribution < 1.29 is 9.53 Å². The second kappa shape index (κ2) is 10.5. The lowest BCUT2D eigenvalue weighted by Crippen LogP contribution is -2.35. The van der Waals surface area contributed by atoms with Crippen molar-refractivity contribution in [1.29, 1.82) is 21.0 Å². The number of hydrogen-bond donors (Lipinski definition) is 0. The van der Waals surface area contributed by atoms with Crippen LogP contribution in [0.15, 0.2) is 42.5 Å². The standard InChI is InChI=1S/C31H26N4O2/c1-18(2)23-10-8-19(3)12-28(23)37-31(36)20-9-11-26-27(13-20)30(22(16-34)17-35)25-7-5-4-6-24(25)29(26)21(14-32)15-33/h4-7,9,11,13,18-19,23,28H,8,10,12H2,1-3H3/t19-,23?,28?/m1/s1.